The van der Waals surface area contributed by atoms with Gasteiger partial charge in [-0.3, -0.25) is 0 Å². The van der Waals surface area contributed by atoms with Crippen LogP contribution in [0.1, 0.15) is 10.5 Å². The lowest BCUT2D eigenvalue weighted by Gasteiger charge is -2.07. The molecule has 0 aliphatic carbocycles. The van der Waals surface area contributed by atoms with Crippen molar-refractivity contribution in [2.45, 2.75) is 0 Å². The van der Waals surface area contributed by atoms with Gasteiger partial charge in [-0.2, -0.15) is 0 Å². The normalized spacial score (nSPS) is 10.2. The van der Waals surface area contributed by atoms with Gasteiger partial charge in [0.2, 0.25) is 0 Å². The Hall–Kier alpha value is -1.94. The lowest BCUT2D eigenvalue weighted by Crippen LogP contribution is -2.05. The second-order valence-corrected chi connectivity index (χ2v) is 3.86. The second-order valence-electron chi connectivity index (χ2n) is 3.42. The summed E-state index contributed by atoms with van der Waals surface area (Å²) in [6, 6.07) is 8.50. The first-order valence-corrected chi connectivity index (χ1v) is 5.25. The van der Waals surface area contributed by atoms with Crippen molar-refractivity contribution in [2.75, 3.05) is 7.11 Å². The Morgan fingerprint density at radius 3 is 2.82 bits per heavy atom. The van der Waals surface area contributed by atoms with Gasteiger partial charge < -0.3 is 14.4 Å². The average molecular weight is 252 g/mol. The van der Waals surface area contributed by atoms with Gasteiger partial charge in [0.1, 0.15) is 11.4 Å². The molecule has 2 rings (SSSR count). The number of carboxylic acid groups (broad SMARTS) is 1. The Bertz CT molecular complexity index is 563. The molecule has 2 aromatic rings. The molecule has 0 radical (unpaired) electrons. The third-order valence-corrected chi connectivity index (χ3v) is 2.54. The summed E-state index contributed by atoms with van der Waals surface area (Å²) < 4.78 is 6.60. The van der Waals surface area contributed by atoms with Gasteiger partial charge in [0.05, 0.1) is 12.1 Å². The Balaban J connectivity index is 2.55. The van der Waals surface area contributed by atoms with Crippen molar-refractivity contribution in [3.8, 4) is 11.4 Å². The highest BCUT2D eigenvalue weighted by molar-refractivity contribution is 6.31. The molecule has 0 fully saturated rings. The van der Waals surface area contributed by atoms with E-state index < -0.39 is 5.97 Å². The summed E-state index contributed by atoms with van der Waals surface area (Å²) in [5, 5.41) is 9.44. The molecule has 17 heavy (non-hydrogen) atoms. The zero-order valence-electron chi connectivity index (χ0n) is 9.05. The molecule has 0 saturated heterocycles. The maximum absolute atomic E-state index is 11.1. The van der Waals surface area contributed by atoms with Crippen molar-refractivity contribution in [1.29, 1.82) is 0 Å². The van der Waals surface area contributed by atoms with E-state index >= 15 is 0 Å². The van der Waals surface area contributed by atoms with Crippen molar-refractivity contribution in [3.05, 3.63) is 47.2 Å². The van der Waals surface area contributed by atoms with E-state index in [1.165, 1.54) is 10.6 Å². The number of carbonyl (C=O) groups is 1. The molecule has 88 valence electrons. The molecule has 0 unspecified atom stereocenters. The van der Waals surface area contributed by atoms with E-state index in [9.17, 15) is 4.79 Å². The summed E-state index contributed by atoms with van der Waals surface area (Å²) in [6.07, 6.45) is 1.56. The first kappa shape index (κ1) is 11.5. The van der Waals surface area contributed by atoms with Crippen LogP contribution in [0.3, 0.4) is 0 Å². The topological polar surface area (TPSA) is 51.5 Å². The standard InChI is InChI=1S/C12H10ClNO3/c1-17-10-4-2-3-9(6-10)14-7-8(13)5-11(14)12(15)16/h2-7H,1H3,(H,15,16). The van der Waals surface area contributed by atoms with Crippen molar-refractivity contribution >= 4 is 17.6 Å². The summed E-state index contributed by atoms with van der Waals surface area (Å²) in [4.78, 5) is 11.1. The minimum absolute atomic E-state index is 0.114. The monoisotopic (exact) mass is 251 g/mol. The third-order valence-electron chi connectivity index (χ3n) is 2.34. The molecule has 1 heterocycles. The largest absolute Gasteiger partial charge is 0.497 e. The van der Waals surface area contributed by atoms with Gasteiger partial charge in [-0.1, -0.05) is 17.7 Å². The fourth-order valence-corrected chi connectivity index (χ4v) is 1.77. The van der Waals surface area contributed by atoms with Crippen LogP contribution in [0, 0.1) is 0 Å². The molecule has 0 amide bonds. The molecule has 0 atom stereocenters. The molecule has 0 saturated carbocycles. The number of aromatic carboxylic acids is 1. The van der Waals surface area contributed by atoms with Crippen LogP contribution in [0.2, 0.25) is 5.02 Å². The fourth-order valence-electron chi connectivity index (χ4n) is 1.57. The van der Waals surface area contributed by atoms with Gasteiger partial charge in [0.25, 0.3) is 0 Å². The Morgan fingerprint density at radius 1 is 1.41 bits per heavy atom. The van der Waals surface area contributed by atoms with Gasteiger partial charge in [-0.25, -0.2) is 4.79 Å². The van der Waals surface area contributed by atoms with Gasteiger partial charge in [0.15, 0.2) is 0 Å². The van der Waals surface area contributed by atoms with Crippen LogP contribution < -0.4 is 4.74 Å². The highest BCUT2D eigenvalue weighted by Gasteiger charge is 2.13. The molecular weight excluding hydrogens is 242 g/mol. The smallest absolute Gasteiger partial charge is 0.352 e. The molecule has 0 aliphatic rings. The molecule has 0 spiro atoms. The summed E-state index contributed by atoms with van der Waals surface area (Å²) >= 11 is 5.82. The molecule has 4 nitrogen and oxygen atoms in total. The number of benzene rings is 1. The quantitative estimate of drug-likeness (QED) is 0.913. The first-order valence-electron chi connectivity index (χ1n) is 4.87. The van der Waals surface area contributed by atoms with E-state index in [-0.39, 0.29) is 5.69 Å². The van der Waals surface area contributed by atoms with Gasteiger partial charge >= 0.3 is 5.97 Å². The average Bonchev–Trinajstić information content (AvgIpc) is 2.72. The molecule has 0 aliphatic heterocycles. The van der Waals surface area contributed by atoms with Gasteiger partial charge in [0, 0.05) is 18.0 Å². The van der Waals surface area contributed by atoms with Crippen LogP contribution in [-0.2, 0) is 0 Å². The second kappa shape index (κ2) is 4.51. The van der Waals surface area contributed by atoms with E-state index in [4.69, 9.17) is 21.4 Å². The Labute approximate surface area is 103 Å². The summed E-state index contributed by atoms with van der Waals surface area (Å²) in [7, 11) is 1.56. The highest BCUT2D eigenvalue weighted by atomic mass is 35.5. The zero-order chi connectivity index (χ0) is 12.4. The van der Waals surface area contributed by atoms with Crippen LogP contribution in [0.4, 0.5) is 0 Å². The van der Waals surface area contributed by atoms with E-state index in [0.29, 0.717) is 16.5 Å². The number of rotatable bonds is 3. The lowest BCUT2D eigenvalue weighted by atomic mass is 10.3. The minimum Gasteiger partial charge on any atom is -0.497 e. The highest BCUT2D eigenvalue weighted by Crippen LogP contribution is 2.22. The first-order chi connectivity index (χ1) is 8.11. The predicted molar refractivity (Wildman–Crippen MR) is 64.3 cm³/mol. The minimum atomic E-state index is -1.03. The number of aromatic nitrogens is 1. The number of methoxy groups -OCH3 is 1. The maximum atomic E-state index is 11.1. The van der Waals surface area contributed by atoms with Crippen LogP contribution in [0.5, 0.6) is 5.75 Å². The molecule has 1 N–H and O–H groups in total. The summed E-state index contributed by atoms with van der Waals surface area (Å²) in [5.74, 6) is -0.372. The van der Waals surface area contributed by atoms with E-state index in [1.807, 2.05) is 0 Å². The van der Waals surface area contributed by atoms with Crippen molar-refractivity contribution in [2.24, 2.45) is 0 Å². The van der Waals surface area contributed by atoms with Crippen molar-refractivity contribution in [3.63, 3.8) is 0 Å². The molecular formula is C12H10ClNO3. The molecule has 1 aromatic carbocycles. The van der Waals surface area contributed by atoms with Crippen molar-refractivity contribution in [1.82, 2.24) is 4.57 Å². The number of halogens is 1. The van der Waals surface area contributed by atoms with E-state index in [2.05, 4.69) is 0 Å². The number of nitrogens with zero attached hydrogens (tertiary/aromatic N) is 1. The summed E-state index contributed by atoms with van der Waals surface area (Å²) in [6.45, 7) is 0. The molecule has 0 bridgehead atoms. The number of hydrogen-bond acceptors (Lipinski definition) is 2. The molecule has 5 heteroatoms. The van der Waals surface area contributed by atoms with E-state index in [0.717, 1.165) is 0 Å². The van der Waals surface area contributed by atoms with Gasteiger partial charge in [-0.05, 0) is 18.2 Å². The zero-order valence-corrected chi connectivity index (χ0v) is 9.81. The van der Waals surface area contributed by atoms with Crippen molar-refractivity contribution < 1.29 is 14.6 Å². The Kier molecular flexibility index (Phi) is 3.06. The van der Waals surface area contributed by atoms with Crippen LogP contribution >= 0.6 is 11.6 Å². The third kappa shape index (κ3) is 2.26. The van der Waals surface area contributed by atoms with Gasteiger partial charge in [-0.15, -0.1) is 0 Å². The molecule has 1 aromatic heterocycles. The van der Waals surface area contributed by atoms with Crippen LogP contribution in [0.25, 0.3) is 5.69 Å². The number of ether oxygens (including phenoxy) is 1. The SMILES string of the molecule is COc1cccc(-n2cc(Cl)cc2C(=O)O)c1. The Morgan fingerprint density at radius 2 is 2.18 bits per heavy atom. The van der Waals surface area contributed by atoms with E-state index in [1.54, 1.807) is 37.6 Å². The number of hydrogen-bond donors (Lipinski definition) is 1. The summed E-state index contributed by atoms with van der Waals surface area (Å²) in [5.41, 5.74) is 0.803. The number of carboxylic acids is 1. The predicted octanol–water partition coefficient (Wildman–Crippen LogP) is 2.84. The van der Waals surface area contributed by atoms with Crippen LogP contribution in [-0.4, -0.2) is 22.8 Å². The lowest BCUT2D eigenvalue weighted by molar-refractivity contribution is 0.0688. The maximum Gasteiger partial charge on any atom is 0.352 e. The fraction of sp³-hybridized carbons (Fsp3) is 0.0833. The van der Waals surface area contributed by atoms with Crippen LogP contribution in [0.15, 0.2) is 36.5 Å².